The van der Waals surface area contributed by atoms with Crippen molar-refractivity contribution in [2.45, 2.75) is 46.1 Å². The van der Waals surface area contributed by atoms with Crippen LogP contribution in [0.3, 0.4) is 0 Å². The molecule has 0 bridgehead atoms. The second-order valence-electron chi connectivity index (χ2n) is 9.18. The summed E-state index contributed by atoms with van der Waals surface area (Å²) in [4.78, 5) is 12.4. The van der Waals surface area contributed by atoms with Crippen molar-refractivity contribution in [1.29, 1.82) is 0 Å². The smallest absolute Gasteiger partial charge is 0.462 e. The van der Waals surface area contributed by atoms with Crippen molar-refractivity contribution < 1.29 is 54.6 Å². The summed E-state index contributed by atoms with van der Waals surface area (Å²) in [6.07, 6.45) is 0. The Morgan fingerprint density at radius 2 is 1.36 bits per heavy atom. The monoisotopic (exact) mass is 583 g/mol. The lowest BCUT2D eigenvalue weighted by Gasteiger charge is -2.24. The van der Waals surface area contributed by atoms with Gasteiger partial charge in [-0.05, 0) is 37.0 Å². The van der Waals surface area contributed by atoms with E-state index in [2.05, 4.69) is 5.09 Å². The Bertz CT molecular complexity index is 1150. The normalized spacial score (nSPS) is 14.0. The van der Waals surface area contributed by atoms with Gasteiger partial charge in [0, 0.05) is 6.61 Å². The van der Waals surface area contributed by atoms with Crippen LogP contribution in [0.1, 0.15) is 40.2 Å². The van der Waals surface area contributed by atoms with Crippen molar-refractivity contribution >= 4 is 13.7 Å². The Balaban J connectivity index is 2.26. The maximum atomic E-state index is 14.3. The summed E-state index contributed by atoms with van der Waals surface area (Å²) >= 11 is 0. The molecule has 0 spiro atoms. The average molecular weight is 583 g/mol. The third-order valence-corrected chi connectivity index (χ3v) is 6.66. The van der Waals surface area contributed by atoms with E-state index in [-0.39, 0.29) is 31.0 Å². The molecule has 0 aliphatic heterocycles. The molecule has 14 heteroatoms. The minimum absolute atomic E-state index is 0.0148. The molecule has 0 heterocycles. The summed E-state index contributed by atoms with van der Waals surface area (Å²) in [6.45, 7) is 9.69. The van der Waals surface area contributed by atoms with Gasteiger partial charge in [-0.25, -0.2) is 17.7 Å². The molecule has 0 fully saturated rings. The fourth-order valence-corrected chi connectivity index (χ4v) is 4.51. The average Bonchev–Trinajstić information content (AvgIpc) is 2.88. The van der Waals surface area contributed by atoms with Gasteiger partial charge in [-0.15, -0.1) is 0 Å². The van der Waals surface area contributed by atoms with Crippen LogP contribution in [-0.4, -0.2) is 45.0 Å². The maximum Gasteiger partial charge on any atom is 0.513 e. The van der Waals surface area contributed by atoms with Gasteiger partial charge in [0.05, 0.1) is 19.8 Å². The minimum Gasteiger partial charge on any atom is -0.462 e. The summed E-state index contributed by atoms with van der Waals surface area (Å²) < 4.78 is 108. The number of esters is 1. The van der Waals surface area contributed by atoms with Crippen LogP contribution in [0, 0.1) is 29.1 Å². The van der Waals surface area contributed by atoms with E-state index in [0.29, 0.717) is 13.2 Å². The largest absolute Gasteiger partial charge is 0.513 e. The Morgan fingerprint density at radius 3 is 1.90 bits per heavy atom. The molecule has 0 amide bonds. The molecular formula is C25H31F5NO7P. The molecule has 2 rings (SSSR count). The highest BCUT2D eigenvalue weighted by Crippen LogP contribution is 2.48. The van der Waals surface area contributed by atoms with Crippen LogP contribution in [0.4, 0.5) is 22.0 Å². The van der Waals surface area contributed by atoms with Gasteiger partial charge in [0.25, 0.3) is 0 Å². The van der Waals surface area contributed by atoms with Gasteiger partial charge in [0.2, 0.25) is 34.8 Å². The van der Waals surface area contributed by atoms with Gasteiger partial charge < -0.3 is 23.3 Å². The molecule has 0 radical (unpaired) electrons. The number of benzene rings is 2. The zero-order valence-electron chi connectivity index (χ0n) is 22.1. The lowest BCUT2D eigenvalue weighted by Crippen LogP contribution is -2.36. The van der Waals surface area contributed by atoms with E-state index in [9.17, 15) is 31.3 Å². The molecule has 0 saturated carbocycles. The number of carbonyl (C=O) groups is 1. The zero-order valence-corrected chi connectivity index (χ0v) is 23.0. The lowest BCUT2D eigenvalue weighted by molar-refractivity contribution is -0.147. The Kier molecular flexibility index (Phi) is 11.7. The highest BCUT2D eigenvalue weighted by molar-refractivity contribution is 7.52. The summed E-state index contributed by atoms with van der Waals surface area (Å²) in [5.41, 5.74) is 0.580. The Labute approximate surface area is 223 Å². The third-order valence-electron chi connectivity index (χ3n) is 5.08. The standard InChI is InChI=1S/C25H31F5NO7P/c1-6-34-11-12-35-13-14-36-24(32)15(2)31-39(33,37-17-9-7-16(8-10-17)25(3,4)5)38-23-21(29)19(27)18(26)20(28)22(23)30/h7-10,15H,6,11-14H2,1-5H3,(H,31,33)/t15-,39?/m0/s1. The molecule has 0 aromatic heterocycles. The van der Waals surface area contributed by atoms with Gasteiger partial charge in [0.15, 0.2) is 0 Å². The van der Waals surface area contributed by atoms with Crippen molar-refractivity contribution in [3.63, 3.8) is 0 Å². The summed E-state index contributed by atoms with van der Waals surface area (Å²) in [5.74, 6) is -14.8. The fourth-order valence-electron chi connectivity index (χ4n) is 2.99. The van der Waals surface area contributed by atoms with Crippen molar-refractivity contribution in [2.24, 2.45) is 0 Å². The Hall–Kier alpha value is -2.73. The van der Waals surface area contributed by atoms with E-state index in [1.54, 1.807) is 12.1 Å². The molecule has 218 valence electrons. The van der Waals surface area contributed by atoms with Gasteiger partial charge in [-0.1, -0.05) is 32.9 Å². The Morgan fingerprint density at radius 1 is 0.846 bits per heavy atom. The molecule has 2 aromatic rings. The van der Waals surface area contributed by atoms with Gasteiger partial charge >= 0.3 is 13.7 Å². The molecule has 1 unspecified atom stereocenters. The van der Waals surface area contributed by atoms with Crippen LogP contribution >= 0.6 is 7.75 Å². The topological polar surface area (TPSA) is 92.3 Å². The second kappa shape index (κ2) is 14.1. The summed E-state index contributed by atoms with van der Waals surface area (Å²) in [5, 5.41) is 2.12. The second-order valence-corrected chi connectivity index (χ2v) is 10.8. The maximum absolute atomic E-state index is 14.3. The molecule has 8 nitrogen and oxygen atoms in total. The molecule has 0 aliphatic rings. The van der Waals surface area contributed by atoms with Crippen molar-refractivity contribution in [3.8, 4) is 11.5 Å². The number of halogens is 5. The predicted octanol–water partition coefficient (Wildman–Crippen LogP) is 5.82. The van der Waals surface area contributed by atoms with Crippen LogP contribution in [-0.2, 0) is 29.0 Å². The van der Waals surface area contributed by atoms with E-state index < -0.39 is 54.6 Å². The van der Waals surface area contributed by atoms with Gasteiger partial charge in [-0.2, -0.15) is 13.9 Å². The molecule has 0 aliphatic carbocycles. The van der Waals surface area contributed by atoms with Gasteiger partial charge in [-0.3, -0.25) is 4.79 Å². The van der Waals surface area contributed by atoms with E-state index in [1.807, 2.05) is 27.7 Å². The molecule has 39 heavy (non-hydrogen) atoms. The molecule has 0 saturated heterocycles. The lowest BCUT2D eigenvalue weighted by atomic mass is 9.87. The highest BCUT2D eigenvalue weighted by atomic mass is 31.2. The molecular weight excluding hydrogens is 552 g/mol. The SMILES string of the molecule is CCOCCOCCOC(=O)[C@H](C)NP(=O)(Oc1ccc(C(C)(C)C)cc1)Oc1c(F)c(F)c(F)c(F)c1F. The highest BCUT2D eigenvalue weighted by Gasteiger charge is 2.38. The van der Waals surface area contributed by atoms with Gasteiger partial charge in [0.1, 0.15) is 18.4 Å². The van der Waals surface area contributed by atoms with Crippen LogP contribution < -0.4 is 14.1 Å². The molecule has 2 aromatic carbocycles. The van der Waals surface area contributed by atoms with E-state index in [0.717, 1.165) is 5.56 Å². The van der Waals surface area contributed by atoms with E-state index in [4.69, 9.17) is 23.3 Å². The molecule has 1 N–H and O–H groups in total. The first-order chi connectivity index (χ1) is 18.2. The first-order valence-electron chi connectivity index (χ1n) is 11.9. The van der Waals surface area contributed by atoms with Crippen molar-refractivity contribution in [1.82, 2.24) is 5.09 Å². The first-order valence-corrected chi connectivity index (χ1v) is 13.5. The van der Waals surface area contributed by atoms with E-state index in [1.165, 1.54) is 19.1 Å². The first kappa shape index (κ1) is 32.5. The van der Waals surface area contributed by atoms with Crippen molar-refractivity contribution in [3.05, 3.63) is 58.9 Å². The number of hydrogen-bond acceptors (Lipinski definition) is 7. The van der Waals surface area contributed by atoms with Crippen LogP contribution in [0.2, 0.25) is 0 Å². The third kappa shape index (κ3) is 9.16. The quantitative estimate of drug-likeness (QED) is 0.0743. The number of hydrogen-bond donors (Lipinski definition) is 1. The van der Waals surface area contributed by atoms with Crippen LogP contribution in [0.15, 0.2) is 24.3 Å². The summed E-state index contributed by atoms with van der Waals surface area (Å²) in [6, 6.07) is 4.47. The number of nitrogens with one attached hydrogen (secondary N) is 1. The van der Waals surface area contributed by atoms with E-state index >= 15 is 0 Å². The molecule has 2 atom stereocenters. The number of ether oxygens (including phenoxy) is 3. The fraction of sp³-hybridized carbons (Fsp3) is 0.480. The zero-order chi connectivity index (χ0) is 29.4. The summed E-state index contributed by atoms with van der Waals surface area (Å²) in [7, 11) is -5.03. The minimum atomic E-state index is -5.03. The van der Waals surface area contributed by atoms with Crippen LogP contribution in [0.25, 0.3) is 0 Å². The van der Waals surface area contributed by atoms with Crippen LogP contribution in [0.5, 0.6) is 11.5 Å². The predicted molar refractivity (Wildman–Crippen MR) is 131 cm³/mol. The number of carbonyl (C=O) groups excluding carboxylic acids is 1. The number of rotatable bonds is 14. The van der Waals surface area contributed by atoms with Crippen molar-refractivity contribution in [2.75, 3.05) is 33.0 Å².